The maximum atomic E-state index is 11.9. The van der Waals surface area contributed by atoms with Gasteiger partial charge in [-0.05, 0) is 24.6 Å². The van der Waals surface area contributed by atoms with Crippen molar-refractivity contribution in [1.29, 1.82) is 0 Å². The first-order valence-electron chi connectivity index (χ1n) is 5.49. The number of nitrogens with one attached hydrogen (secondary N) is 1. The highest BCUT2D eigenvalue weighted by Gasteiger charge is 2.26. The summed E-state index contributed by atoms with van der Waals surface area (Å²) in [4.78, 5) is 11.4. The van der Waals surface area contributed by atoms with Crippen molar-refractivity contribution < 1.29 is 26.4 Å². The molecule has 112 valence electrons. The fraction of sp³-hybridized carbons (Fsp3) is 0.364. The van der Waals surface area contributed by atoms with Gasteiger partial charge in [-0.15, -0.1) is 0 Å². The number of hydrogen-bond donors (Lipinski definition) is 2. The molecule has 0 unspecified atom stereocenters. The van der Waals surface area contributed by atoms with Crippen LogP contribution in [0.15, 0.2) is 23.1 Å². The molecule has 1 rings (SSSR count). The fourth-order valence-electron chi connectivity index (χ4n) is 1.47. The van der Waals surface area contributed by atoms with Crippen molar-refractivity contribution in [1.82, 2.24) is 5.32 Å². The summed E-state index contributed by atoms with van der Waals surface area (Å²) < 4.78 is 58.3. The van der Waals surface area contributed by atoms with Gasteiger partial charge in [0, 0.05) is 12.1 Å². The Kier molecular flexibility index (Phi) is 4.77. The molecule has 0 aliphatic rings. The minimum atomic E-state index is -4.37. The SMILES string of the molecule is Cc1ccc(C(=O)NCCC(F)(F)F)cc1S(N)(=O)=O. The van der Waals surface area contributed by atoms with Crippen LogP contribution < -0.4 is 10.5 Å². The summed E-state index contributed by atoms with van der Waals surface area (Å²) in [5.74, 6) is -0.792. The van der Waals surface area contributed by atoms with E-state index in [0.29, 0.717) is 5.56 Å². The third-order valence-corrected chi connectivity index (χ3v) is 3.50. The highest BCUT2D eigenvalue weighted by molar-refractivity contribution is 7.89. The molecule has 3 N–H and O–H groups in total. The first-order valence-corrected chi connectivity index (χ1v) is 7.04. The topological polar surface area (TPSA) is 89.3 Å². The Hall–Kier alpha value is -1.61. The van der Waals surface area contributed by atoms with Gasteiger partial charge in [-0.2, -0.15) is 13.2 Å². The van der Waals surface area contributed by atoms with E-state index in [0.717, 1.165) is 6.07 Å². The number of alkyl halides is 3. The zero-order valence-corrected chi connectivity index (χ0v) is 11.3. The molecular weight excluding hydrogens is 297 g/mol. The van der Waals surface area contributed by atoms with Crippen molar-refractivity contribution in [3.8, 4) is 0 Å². The van der Waals surface area contributed by atoms with E-state index in [2.05, 4.69) is 5.32 Å². The zero-order valence-electron chi connectivity index (χ0n) is 10.5. The second-order valence-corrected chi connectivity index (χ2v) is 5.68. The van der Waals surface area contributed by atoms with Crippen LogP contribution in [0, 0.1) is 6.92 Å². The Morgan fingerprint density at radius 2 is 1.95 bits per heavy atom. The summed E-state index contributed by atoms with van der Waals surface area (Å²) in [5.41, 5.74) is 0.279. The number of hydrogen-bond acceptors (Lipinski definition) is 3. The monoisotopic (exact) mass is 310 g/mol. The average Bonchev–Trinajstić information content (AvgIpc) is 2.26. The first kappa shape index (κ1) is 16.4. The second kappa shape index (κ2) is 5.80. The molecule has 9 heteroatoms. The van der Waals surface area contributed by atoms with Gasteiger partial charge in [-0.1, -0.05) is 6.07 Å². The maximum Gasteiger partial charge on any atom is 0.390 e. The summed E-state index contributed by atoms with van der Waals surface area (Å²) in [6.45, 7) is 0.909. The van der Waals surface area contributed by atoms with Crippen molar-refractivity contribution in [2.24, 2.45) is 5.14 Å². The van der Waals surface area contributed by atoms with Crippen molar-refractivity contribution >= 4 is 15.9 Å². The largest absolute Gasteiger partial charge is 0.390 e. The summed E-state index contributed by atoms with van der Waals surface area (Å²) in [6, 6.07) is 3.71. The Morgan fingerprint density at radius 3 is 2.45 bits per heavy atom. The number of amides is 1. The van der Waals surface area contributed by atoms with E-state index in [-0.39, 0.29) is 10.5 Å². The highest BCUT2D eigenvalue weighted by Crippen LogP contribution is 2.19. The number of carbonyl (C=O) groups is 1. The molecule has 0 aliphatic carbocycles. The molecule has 20 heavy (non-hydrogen) atoms. The third kappa shape index (κ3) is 4.82. The minimum absolute atomic E-state index is 0.0678. The number of carbonyl (C=O) groups excluding carboxylic acids is 1. The number of benzene rings is 1. The second-order valence-electron chi connectivity index (χ2n) is 4.15. The molecular formula is C11H13F3N2O3S. The van der Waals surface area contributed by atoms with Crippen molar-refractivity contribution in [3.63, 3.8) is 0 Å². The Bertz CT molecular complexity index is 612. The normalized spacial score (nSPS) is 12.2. The van der Waals surface area contributed by atoms with Crippen LogP contribution in [0.5, 0.6) is 0 Å². The molecule has 1 aromatic rings. The maximum absolute atomic E-state index is 11.9. The molecule has 0 aliphatic heterocycles. The molecule has 0 fully saturated rings. The lowest BCUT2D eigenvalue weighted by molar-refractivity contribution is -0.132. The van der Waals surface area contributed by atoms with Crippen molar-refractivity contribution in [2.75, 3.05) is 6.54 Å². The number of primary sulfonamides is 1. The van der Waals surface area contributed by atoms with E-state index in [1.54, 1.807) is 0 Å². The summed E-state index contributed by atoms with van der Waals surface area (Å²) in [6.07, 6.45) is -5.53. The van der Waals surface area contributed by atoms with E-state index >= 15 is 0 Å². The van der Waals surface area contributed by atoms with E-state index in [1.807, 2.05) is 0 Å². The van der Waals surface area contributed by atoms with Gasteiger partial charge >= 0.3 is 6.18 Å². The Labute approximate surface area is 114 Å². The molecule has 0 atom stereocenters. The smallest absolute Gasteiger partial charge is 0.352 e. The number of rotatable bonds is 4. The molecule has 0 bridgehead atoms. The number of aryl methyl sites for hydroxylation is 1. The van der Waals surface area contributed by atoms with Crippen LogP contribution in [-0.2, 0) is 10.0 Å². The lowest BCUT2D eigenvalue weighted by Gasteiger charge is -2.09. The highest BCUT2D eigenvalue weighted by atomic mass is 32.2. The first-order chi connectivity index (χ1) is 9.00. The lowest BCUT2D eigenvalue weighted by Crippen LogP contribution is -2.28. The van der Waals surface area contributed by atoms with Crippen molar-refractivity contribution in [3.05, 3.63) is 29.3 Å². The van der Waals surface area contributed by atoms with Gasteiger partial charge < -0.3 is 5.32 Å². The zero-order chi connectivity index (χ0) is 15.6. The van der Waals surface area contributed by atoms with Crippen LogP contribution in [0.25, 0.3) is 0 Å². The predicted octanol–water partition coefficient (Wildman–Crippen LogP) is 1.32. The Balaban J connectivity index is 2.85. The van der Waals surface area contributed by atoms with Gasteiger partial charge in [-0.3, -0.25) is 4.79 Å². The van der Waals surface area contributed by atoms with E-state index in [1.165, 1.54) is 19.1 Å². The van der Waals surface area contributed by atoms with Gasteiger partial charge in [0.15, 0.2) is 0 Å². The summed E-state index contributed by atoms with van der Waals surface area (Å²) >= 11 is 0. The van der Waals surface area contributed by atoms with E-state index < -0.39 is 35.1 Å². The van der Waals surface area contributed by atoms with Crippen molar-refractivity contribution in [2.45, 2.75) is 24.4 Å². The molecule has 1 aromatic carbocycles. The minimum Gasteiger partial charge on any atom is -0.352 e. The van der Waals surface area contributed by atoms with Gasteiger partial charge in [0.2, 0.25) is 10.0 Å². The van der Waals surface area contributed by atoms with Crippen LogP contribution in [0.4, 0.5) is 13.2 Å². The number of halogens is 3. The van der Waals surface area contributed by atoms with Gasteiger partial charge in [-0.25, -0.2) is 13.6 Å². The Morgan fingerprint density at radius 1 is 1.35 bits per heavy atom. The molecule has 1 amide bonds. The van der Waals surface area contributed by atoms with E-state index in [9.17, 15) is 26.4 Å². The molecule has 0 saturated heterocycles. The quantitative estimate of drug-likeness (QED) is 0.879. The number of sulfonamides is 1. The van der Waals surface area contributed by atoms with Crippen LogP contribution in [0.2, 0.25) is 0 Å². The summed E-state index contributed by atoms with van der Waals surface area (Å²) in [5, 5.41) is 7.03. The van der Waals surface area contributed by atoms with Crippen LogP contribution in [0.1, 0.15) is 22.3 Å². The van der Waals surface area contributed by atoms with E-state index in [4.69, 9.17) is 5.14 Å². The van der Waals surface area contributed by atoms with Gasteiger partial charge in [0.1, 0.15) is 0 Å². The molecule has 0 radical (unpaired) electrons. The molecule has 0 spiro atoms. The van der Waals surface area contributed by atoms with Gasteiger partial charge in [0.05, 0.1) is 11.3 Å². The van der Waals surface area contributed by atoms with Crippen LogP contribution in [-0.4, -0.2) is 27.0 Å². The molecule has 0 heterocycles. The predicted molar refractivity (Wildman–Crippen MR) is 65.6 cm³/mol. The molecule has 0 saturated carbocycles. The average molecular weight is 310 g/mol. The third-order valence-electron chi connectivity index (χ3n) is 2.45. The van der Waals surface area contributed by atoms with Crippen LogP contribution in [0.3, 0.4) is 0 Å². The standard InChI is InChI=1S/C11H13F3N2O3S/c1-7-2-3-8(6-9(7)20(15,18)19)10(17)16-5-4-11(12,13)14/h2-3,6H,4-5H2,1H3,(H,16,17)(H2,15,18,19). The number of nitrogens with two attached hydrogens (primary N) is 1. The molecule has 0 aromatic heterocycles. The fourth-order valence-corrected chi connectivity index (χ4v) is 2.28. The van der Waals surface area contributed by atoms with Gasteiger partial charge in [0.25, 0.3) is 5.91 Å². The lowest BCUT2D eigenvalue weighted by atomic mass is 10.1. The summed E-state index contributed by atoms with van der Waals surface area (Å²) in [7, 11) is -3.99. The molecule has 5 nitrogen and oxygen atoms in total. The van der Waals surface area contributed by atoms with Crippen LogP contribution >= 0.6 is 0 Å².